The minimum absolute atomic E-state index is 0.0676. The number of anilines is 1. The molecule has 2 aromatic rings. The Morgan fingerprint density at radius 1 is 1.19 bits per heavy atom. The number of halogens is 4. The van der Waals surface area contributed by atoms with E-state index < -0.39 is 38.1 Å². The van der Waals surface area contributed by atoms with Gasteiger partial charge in [0.1, 0.15) is 10.7 Å². The zero-order valence-corrected chi connectivity index (χ0v) is 15.5. The third-order valence-corrected chi connectivity index (χ3v) is 5.52. The number of aromatic nitrogens is 1. The molecule has 0 spiro atoms. The van der Waals surface area contributed by atoms with Gasteiger partial charge in [-0.05, 0) is 31.2 Å². The van der Waals surface area contributed by atoms with Crippen molar-refractivity contribution in [2.75, 3.05) is 11.2 Å². The summed E-state index contributed by atoms with van der Waals surface area (Å²) in [6, 6.07) is 7.62. The zero-order chi connectivity index (χ0) is 20.2. The zero-order valence-electron chi connectivity index (χ0n) is 13.9. The van der Waals surface area contributed by atoms with Crippen LogP contribution in [0.1, 0.15) is 11.1 Å². The van der Waals surface area contributed by atoms with Crippen LogP contribution < -0.4 is 5.32 Å². The van der Waals surface area contributed by atoms with Crippen molar-refractivity contribution in [3.63, 3.8) is 0 Å². The first-order valence-electron chi connectivity index (χ1n) is 7.46. The van der Waals surface area contributed by atoms with Crippen LogP contribution in [0.5, 0.6) is 0 Å². The van der Waals surface area contributed by atoms with Crippen molar-refractivity contribution in [1.29, 1.82) is 0 Å². The number of Topliss-reactive ketones (excluding diaryl/α,β-unsaturated/α-hetero) is 1. The highest BCUT2D eigenvalue weighted by molar-refractivity contribution is 7.96. The third kappa shape index (κ3) is 5.08. The van der Waals surface area contributed by atoms with Gasteiger partial charge < -0.3 is 5.32 Å². The molecule has 0 aliphatic rings. The standard InChI is InChI=1S/C17H14ClF3N2O3S/c1-11-2-5-13(6-3-11)27(25,26)15(14(24)8-18)10-23-16-7-4-12(9-22-16)17(19,20)21/h2-7,9-10H,8H2,1H3,(H,22,23). The molecule has 1 aromatic carbocycles. The lowest BCUT2D eigenvalue weighted by atomic mass is 10.2. The second-order valence-electron chi connectivity index (χ2n) is 5.46. The number of nitrogens with zero attached hydrogens (tertiary/aromatic N) is 1. The number of ketones is 1. The van der Waals surface area contributed by atoms with Crippen LogP contribution in [0.2, 0.25) is 0 Å². The Bertz CT molecular complexity index is 954. The molecule has 1 aromatic heterocycles. The fraction of sp³-hybridized carbons (Fsp3) is 0.176. The van der Waals surface area contributed by atoms with Crippen molar-refractivity contribution < 1.29 is 26.4 Å². The van der Waals surface area contributed by atoms with Crippen LogP contribution in [-0.2, 0) is 20.8 Å². The van der Waals surface area contributed by atoms with E-state index in [0.717, 1.165) is 23.9 Å². The normalized spacial score (nSPS) is 12.7. The molecule has 0 aliphatic carbocycles. The molecule has 1 N–H and O–H groups in total. The van der Waals surface area contributed by atoms with Crippen molar-refractivity contribution in [2.45, 2.75) is 18.0 Å². The average molecular weight is 419 g/mol. The lowest BCUT2D eigenvalue weighted by Gasteiger charge is -2.09. The summed E-state index contributed by atoms with van der Waals surface area (Å²) in [7, 11) is -4.17. The number of pyridine rings is 1. The number of alkyl halides is 4. The quantitative estimate of drug-likeness (QED) is 0.568. The largest absolute Gasteiger partial charge is 0.417 e. The van der Waals surface area contributed by atoms with E-state index in [1.165, 1.54) is 12.1 Å². The monoisotopic (exact) mass is 418 g/mol. The summed E-state index contributed by atoms with van der Waals surface area (Å²) in [6.45, 7) is 1.77. The number of hydrogen-bond donors (Lipinski definition) is 1. The number of rotatable bonds is 6. The van der Waals surface area contributed by atoms with Crippen molar-refractivity contribution in [1.82, 2.24) is 4.98 Å². The fourth-order valence-corrected chi connectivity index (χ4v) is 3.56. The molecular formula is C17H14ClF3N2O3S. The first kappa shape index (κ1) is 20.9. The maximum atomic E-state index is 12.7. The fourth-order valence-electron chi connectivity index (χ4n) is 2.00. The van der Waals surface area contributed by atoms with Gasteiger partial charge in [0.05, 0.1) is 16.3 Å². The Balaban J connectivity index is 2.36. The van der Waals surface area contributed by atoms with Crippen LogP contribution in [0.25, 0.3) is 0 Å². The second kappa shape index (κ2) is 8.10. The van der Waals surface area contributed by atoms with E-state index in [9.17, 15) is 26.4 Å². The maximum absolute atomic E-state index is 12.7. The van der Waals surface area contributed by atoms with Gasteiger partial charge in [0.2, 0.25) is 9.84 Å². The molecule has 10 heteroatoms. The van der Waals surface area contributed by atoms with E-state index >= 15 is 0 Å². The number of benzene rings is 1. The predicted octanol–water partition coefficient (Wildman–Crippen LogP) is 3.94. The summed E-state index contributed by atoms with van der Waals surface area (Å²) in [5.74, 6) is -1.52. The molecule has 0 amide bonds. The van der Waals surface area contributed by atoms with Crippen molar-refractivity contribution in [3.05, 3.63) is 64.8 Å². The summed E-state index contributed by atoms with van der Waals surface area (Å²) in [5, 5.41) is 2.43. The molecule has 0 unspecified atom stereocenters. The van der Waals surface area contributed by atoms with E-state index in [2.05, 4.69) is 10.3 Å². The Kier molecular flexibility index (Phi) is 6.27. The van der Waals surface area contributed by atoms with Gasteiger partial charge in [-0.3, -0.25) is 4.79 Å². The molecule has 1 heterocycles. The lowest BCUT2D eigenvalue weighted by molar-refractivity contribution is -0.137. The molecule has 0 radical (unpaired) electrons. The molecule has 144 valence electrons. The molecule has 0 saturated carbocycles. The Labute approximate surface area is 158 Å². The predicted molar refractivity (Wildman–Crippen MR) is 95.0 cm³/mol. The van der Waals surface area contributed by atoms with Gasteiger partial charge in [-0.1, -0.05) is 17.7 Å². The van der Waals surface area contributed by atoms with Crippen LogP contribution in [-0.4, -0.2) is 25.1 Å². The molecule has 0 fully saturated rings. The smallest absolute Gasteiger partial charge is 0.345 e. The van der Waals surface area contributed by atoms with Gasteiger partial charge in [0.15, 0.2) is 5.78 Å². The van der Waals surface area contributed by atoms with Gasteiger partial charge in [-0.2, -0.15) is 13.2 Å². The highest BCUT2D eigenvalue weighted by Gasteiger charge is 2.30. The number of sulfone groups is 1. The third-order valence-electron chi connectivity index (χ3n) is 3.46. The summed E-state index contributed by atoms with van der Waals surface area (Å²) in [5.41, 5.74) is -0.128. The van der Waals surface area contributed by atoms with Crippen molar-refractivity contribution >= 4 is 33.0 Å². The van der Waals surface area contributed by atoms with Crippen molar-refractivity contribution in [2.24, 2.45) is 0 Å². The van der Waals surface area contributed by atoms with Crippen molar-refractivity contribution in [3.8, 4) is 0 Å². The van der Waals surface area contributed by atoms with Gasteiger partial charge in [-0.25, -0.2) is 13.4 Å². The van der Waals surface area contributed by atoms with E-state index in [4.69, 9.17) is 11.6 Å². The summed E-state index contributed by atoms with van der Waals surface area (Å²) < 4.78 is 63.0. The van der Waals surface area contributed by atoms with Gasteiger partial charge >= 0.3 is 6.18 Å². The number of hydrogen-bond acceptors (Lipinski definition) is 5. The van der Waals surface area contributed by atoms with Crippen LogP contribution in [0, 0.1) is 6.92 Å². The molecule has 2 rings (SSSR count). The number of carbonyl (C=O) groups excluding carboxylic acids is 1. The topological polar surface area (TPSA) is 76.1 Å². The van der Waals surface area contributed by atoms with Crippen LogP contribution in [0.15, 0.2) is 58.6 Å². The summed E-state index contributed by atoms with van der Waals surface area (Å²) in [6.07, 6.45) is -3.08. The van der Waals surface area contributed by atoms with Gasteiger partial charge in [0, 0.05) is 12.4 Å². The molecule has 27 heavy (non-hydrogen) atoms. The minimum atomic E-state index is -4.55. The van der Waals surface area contributed by atoms with E-state index in [1.54, 1.807) is 19.1 Å². The Hall–Kier alpha value is -2.39. The molecular weight excluding hydrogens is 405 g/mol. The molecule has 0 saturated heterocycles. The highest BCUT2D eigenvalue weighted by atomic mass is 35.5. The summed E-state index contributed by atoms with van der Waals surface area (Å²) >= 11 is 5.49. The molecule has 5 nitrogen and oxygen atoms in total. The Morgan fingerprint density at radius 2 is 1.81 bits per heavy atom. The van der Waals surface area contributed by atoms with Crippen LogP contribution >= 0.6 is 11.6 Å². The second-order valence-corrected chi connectivity index (χ2v) is 7.64. The number of aryl methyl sites for hydroxylation is 1. The van der Waals surface area contributed by atoms with Gasteiger partial charge in [0.25, 0.3) is 0 Å². The molecule has 0 atom stereocenters. The first-order valence-corrected chi connectivity index (χ1v) is 9.48. The van der Waals surface area contributed by atoms with Crippen LogP contribution in [0.4, 0.5) is 19.0 Å². The molecule has 0 bridgehead atoms. The Morgan fingerprint density at radius 3 is 2.30 bits per heavy atom. The SMILES string of the molecule is Cc1ccc(S(=O)(=O)C(=CNc2ccc(C(F)(F)F)cn2)C(=O)CCl)cc1. The summed E-state index contributed by atoms with van der Waals surface area (Å²) in [4.78, 5) is 14.8. The molecule has 0 aliphatic heterocycles. The van der Waals surface area contributed by atoms with Crippen LogP contribution in [0.3, 0.4) is 0 Å². The maximum Gasteiger partial charge on any atom is 0.417 e. The lowest BCUT2D eigenvalue weighted by Crippen LogP contribution is -2.17. The number of allylic oxidation sites excluding steroid dienone is 1. The first-order chi connectivity index (χ1) is 12.6. The van der Waals surface area contributed by atoms with Gasteiger partial charge in [-0.15, -0.1) is 11.6 Å². The number of carbonyl (C=O) groups is 1. The highest BCUT2D eigenvalue weighted by Crippen LogP contribution is 2.29. The average Bonchev–Trinajstić information content (AvgIpc) is 2.61. The van der Waals surface area contributed by atoms with E-state index in [-0.39, 0.29) is 10.7 Å². The van der Waals surface area contributed by atoms with E-state index in [1.807, 2.05) is 0 Å². The number of nitrogens with one attached hydrogen (secondary N) is 1. The van der Waals surface area contributed by atoms with E-state index in [0.29, 0.717) is 6.20 Å². The minimum Gasteiger partial charge on any atom is -0.345 e.